The minimum Gasteiger partial charge on any atom is -0.275 e. The van der Waals surface area contributed by atoms with Gasteiger partial charge in [-0.3, -0.25) is 4.68 Å². The van der Waals surface area contributed by atoms with Crippen molar-refractivity contribution in [1.82, 2.24) is 14.8 Å². The number of hydrogen-bond donors (Lipinski definition) is 0. The number of benzene rings is 2. The van der Waals surface area contributed by atoms with Gasteiger partial charge in [-0.2, -0.15) is 5.10 Å². The summed E-state index contributed by atoms with van der Waals surface area (Å²) in [6.45, 7) is 2.06. The lowest BCUT2D eigenvalue weighted by Gasteiger charge is -2.07. The van der Waals surface area contributed by atoms with E-state index in [0.717, 1.165) is 27.4 Å². The molecule has 22 heavy (non-hydrogen) atoms. The molecule has 2 aromatic heterocycles. The smallest absolute Gasteiger partial charge is 0.130 e. The molecule has 108 valence electrons. The molecule has 0 fully saturated rings. The summed E-state index contributed by atoms with van der Waals surface area (Å²) in [7, 11) is 1.94. The largest absolute Gasteiger partial charge is 0.275 e. The van der Waals surface area contributed by atoms with E-state index in [2.05, 4.69) is 47.3 Å². The molecule has 3 nitrogen and oxygen atoms in total. The predicted molar refractivity (Wildman–Crippen MR) is 91.2 cm³/mol. The Kier molecular flexibility index (Phi) is 2.91. The predicted octanol–water partition coefficient (Wildman–Crippen LogP) is 4.75. The van der Waals surface area contributed by atoms with E-state index in [9.17, 15) is 0 Å². The molecule has 0 saturated carbocycles. The summed E-state index contributed by atoms with van der Waals surface area (Å²) in [5.74, 6) is 0. The van der Waals surface area contributed by atoms with Crippen LogP contribution in [0.3, 0.4) is 0 Å². The number of rotatable bonds is 1. The van der Waals surface area contributed by atoms with Crippen molar-refractivity contribution < 1.29 is 0 Å². The van der Waals surface area contributed by atoms with Crippen LogP contribution in [-0.2, 0) is 7.05 Å². The van der Waals surface area contributed by atoms with Gasteiger partial charge in [-0.15, -0.1) is 0 Å². The lowest BCUT2D eigenvalue weighted by Crippen LogP contribution is -1.86. The Morgan fingerprint density at radius 1 is 0.955 bits per heavy atom. The molecular weight excluding hydrogens is 294 g/mol. The zero-order valence-corrected chi connectivity index (χ0v) is 13.1. The molecule has 0 unspecified atom stereocenters. The van der Waals surface area contributed by atoms with E-state index < -0.39 is 0 Å². The number of nitrogens with zero attached hydrogens (tertiary/aromatic N) is 3. The van der Waals surface area contributed by atoms with Gasteiger partial charge in [-0.05, 0) is 53.9 Å². The van der Waals surface area contributed by atoms with E-state index in [-0.39, 0.29) is 0 Å². The topological polar surface area (TPSA) is 30.7 Å². The van der Waals surface area contributed by atoms with Gasteiger partial charge in [-0.1, -0.05) is 23.7 Å². The van der Waals surface area contributed by atoms with Gasteiger partial charge in [0.2, 0.25) is 0 Å². The second kappa shape index (κ2) is 4.82. The molecule has 2 aromatic carbocycles. The fourth-order valence-corrected chi connectivity index (χ4v) is 3.12. The van der Waals surface area contributed by atoms with Crippen LogP contribution in [0.15, 0.2) is 48.7 Å². The number of pyridine rings is 1. The Bertz CT molecular complexity index is 1020. The number of aromatic nitrogens is 3. The molecule has 0 aliphatic rings. The summed E-state index contributed by atoms with van der Waals surface area (Å²) < 4.78 is 1.84. The maximum atomic E-state index is 6.03. The Hall–Kier alpha value is -2.39. The molecule has 0 radical (unpaired) electrons. The quantitative estimate of drug-likeness (QED) is 0.475. The molecule has 4 aromatic rings. The van der Waals surface area contributed by atoms with Crippen molar-refractivity contribution in [2.45, 2.75) is 6.92 Å². The van der Waals surface area contributed by atoms with Crippen LogP contribution in [0.2, 0.25) is 5.15 Å². The molecule has 2 heterocycles. The third-order valence-electron chi connectivity index (χ3n) is 3.94. The van der Waals surface area contributed by atoms with E-state index in [0.29, 0.717) is 5.15 Å². The van der Waals surface area contributed by atoms with Gasteiger partial charge in [-0.25, -0.2) is 4.98 Å². The highest BCUT2D eigenvalue weighted by molar-refractivity contribution is 6.29. The molecule has 4 heteroatoms. The zero-order chi connectivity index (χ0) is 15.3. The summed E-state index contributed by atoms with van der Waals surface area (Å²) in [5.41, 5.74) is 5.43. The van der Waals surface area contributed by atoms with E-state index in [1.165, 1.54) is 11.1 Å². The number of hydrogen-bond acceptors (Lipinski definition) is 2. The zero-order valence-electron chi connectivity index (χ0n) is 12.3. The molecule has 0 aliphatic carbocycles. The van der Waals surface area contributed by atoms with Crippen LogP contribution in [0, 0.1) is 6.92 Å². The van der Waals surface area contributed by atoms with Crippen LogP contribution in [0.25, 0.3) is 32.9 Å². The van der Waals surface area contributed by atoms with Gasteiger partial charge in [0.25, 0.3) is 0 Å². The summed E-state index contributed by atoms with van der Waals surface area (Å²) in [5, 5.41) is 7.23. The maximum absolute atomic E-state index is 6.03. The average Bonchev–Trinajstić information content (AvgIpc) is 2.86. The van der Waals surface area contributed by atoms with Crippen LogP contribution >= 0.6 is 11.6 Å². The molecular formula is C18H14ClN3. The highest BCUT2D eigenvalue weighted by atomic mass is 35.5. The normalized spacial score (nSPS) is 11.4. The molecule has 0 amide bonds. The van der Waals surface area contributed by atoms with Crippen molar-refractivity contribution in [2.24, 2.45) is 7.05 Å². The molecule has 0 saturated heterocycles. The molecule has 0 bridgehead atoms. The van der Waals surface area contributed by atoms with Crippen molar-refractivity contribution in [3.63, 3.8) is 0 Å². The third-order valence-corrected chi connectivity index (χ3v) is 4.13. The Balaban J connectivity index is 1.91. The van der Waals surface area contributed by atoms with E-state index >= 15 is 0 Å². The first-order valence-corrected chi connectivity index (χ1v) is 7.49. The molecule has 0 spiro atoms. The second-order valence-corrected chi connectivity index (χ2v) is 5.96. The third kappa shape index (κ3) is 2.14. The van der Waals surface area contributed by atoms with E-state index in [1.54, 1.807) is 0 Å². The van der Waals surface area contributed by atoms with Gasteiger partial charge in [0.1, 0.15) is 5.15 Å². The first-order chi connectivity index (χ1) is 10.6. The second-order valence-electron chi connectivity index (χ2n) is 5.57. The van der Waals surface area contributed by atoms with Gasteiger partial charge < -0.3 is 0 Å². The SMILES string of the molecule is Cc1cc(Cl)nc2ccc(-c3ccc4nn(C)cc4c3)cc12. The summed E-state index contributed by atoms with van der Waals surface area (Å²) in [6.07, 6.45) is 2.03. The van der Waals surface area contributed by atoms with Crippen molar-refractivity contribution in [3.8, 4) is 11.1 Å². The first kappa shape index (κ1) is 13.3. The lowest BCUT2D eigenvalue weighted by atomic mass is 10.0. The highest BCUT2D eigenvalue weighted by Crippen LogP contribution is 2.28. The Labute approximate surface area is 133 Å². The van der Waals surface area contributed by atoms with Gasteiger partial charge in [0.15, 0.2) is 0 Å². The number of halogens is 1. The maximum Gasteiger partial charge on any atom is 0.130 e. The Morgan fingerprint density at radius 3 is 2.50 bits per heavy atom. The fourth-order valence-electron chi connectivity index (χ4n) is 2.86. The number of fused-ring (bicyclic) bond motifs is 2. The Morgan fingerprint density at radius 2 is 1.68 bits per heavy atom. The minimum atomic E-state index is 0.537. The molecule has 0 aliphatic heterocycles. The van der Waals surface area contributed by atoms with Gasteiger partial charge in [0, 0.05) is 24.0 Å². The van der Waals surface area contributed by atoms with Gasteiger partial charge in [0.05, 0.1) is 11.0 Å². The van der Waals surface area contributed by atoms with E-state index in [4.69, 9.17) is 11.6 Å². The minimum absolute atomic E-state index is 0.537. The van der Waals surface area contributed by atoms with Crippen LogP contribution in [0.1, 0.15) is 5.56 Å². The van der Waals surface area contributed by atoms with Crippen molar-refractivity contribution >= 4 is 33.4 Å². The van der Waals surface area contributed by atoms with Crippen molar-refractivity contribution in [3.05, 3.63) is 59.4 Å². The van der Waals surface area contributed by atoms with Crippen LogP contribution in [-0.4, -0.2) is 14.8 Å². The van der Waals surface area contributed by atoms with Crippen molar-refractivity contribution in [2.75, 3.05) is 0 Å². The first-order valence-electron chi connectivity index (χ1n) is 7.11. The monoisotopic (exact) mass is 307 g/mol. The summed E-state index contributed by atoms with van der Waals surface area (Å²) in [4.78, 5) is 4.38. The standard InChI is InChI=1S/C18H14ClN3/c1-11-7-18(19)20-17-6-4-13(9-15(11)17)12-3-5-16-14(8-12)10-22(2)21-16/h3-10H,1-2H3. The molecule has 0 N–H and O–H groups in total. The summed E-state index contributed by atoms with van der Waals surface area (Å²) in [6, 6.07) is 14.5. The molecule has 4 rings (SSSR count). The van der Waals surface area contributed by atoms with Crippen molar-refractivity contribution in [1.29, 1.82) is 0 Å². The number of aryl methyl sites for hydroxylation is 2. The van der Waals surface area contributed by atoms with Crippen LogP contribution < -0.4 is 0 Å². The van der Waals surface area contributed by atoms with E-state index in [1.807, 2.05) is 30.1 Å². The lowest BCUT2D eigenvalue weighted by molar-refractivity contribution is 0.780. The highest BCUT2D eigenvalue weighted by Gasteiger charge is 2.06. The van der Waals surface area contributed by atoms with Gasteiger partial charge >= 0.3 is 0 Å². The molecule has 0 atom stereocenters. The fraction of sp³-hybridized carbons (Fsp3) is 0.111. The van der Waals surface area contributed by atoms with Crippen LogP contribution in [0.4, 0.5) is 0 Å². The van der Waals surface area contributed by atoms with Crippen LogP contribution in [0.5, 0.6) is 0 Å². The summed E-state index contributed by atoms with van der Waals surface area (Å²) >= 11 is 6.03. The average molecular weight is 308 g/mol.